The summed E-state index contributed by atoms with van der Waals surface area (Å²) < 4.78 is 5.74. The van der Waals surface area contributed by atoms with Crippen LogP contribution in [0.5, 0.6) is 5.75 Å². The van der Waals surface area contributed by atoms with Crippen molar-refractivity contribution < 1.29 is 24.2 Å². The fraction of sp³-hybridized carbons (Fsp3) is 0.211. The quantitative estimate of drug-likeness (QED) is 0.420. The fourth-order valence-corrected chi connectivity index (χ4v) is 2.73. The number of amides is 3. The highest BCUT2D eigenvalue weighted by Crippen LogP contribution is 2.20. The van der Waals surface area contributed by atoms with Gasteiger partial charge in [0.15, 0.2) is 0 Å². The molecule has 0 saturated carbocycles. The Hall–Kier alpha value is -2.82. The van der Waals surface area contributed by atoms with E-state index in [1.54, 1.807) is 12.1 Å². The van der Waals surface area contributed by atoms with E-state index in [2.05, 4.69) is 10.7 Å². The molecule has 2 rings (SSSR count). The summed E-state index contributed by atoms with van der Waals surface area (Å²) in [6, 6.07) is 13.3. The maximum absolute atomic E-state index is 12.4. The van der Waals surface area contributed by atoms with Gasteiger partial charge in [0.1, 0.15) is 18.1 Å². The molecule has 9 heteroatoms. The van der Waals surface area contributed by atoms with Gasteiger partial charge < -0.3 is 15.2 Å². The Kier molecular flexibility index (Phi) is 8.05. The number of phenols is 1. The molecular weight excluding hydrogens is 477 g/mol. The van der Waals surface area contributed by atoms with Crippen molar-refractivity contribution in [3.63, 3.8) is 0 Å². The van der Waals surface area contributed by atoms with Crippen LogP contribution < -0.4 is 10.7 Å². The highest BCUT2D eigenvalue weighted by atomic mass is 127. The molecule has 0 spiro atoms. The van der Waals surface area contributed by atoms with Gasteiger partial charge in [0, 0.05) is 0 Å². The molecule has 8 nitrogen and oxygen atoms in total. The molecule has 0 fully saturated rings. The van der Waals surface area contributed by atoms with E-state index in [1.165, 1.54) is 13.0 Å². The number of rotatable bonds is 6. The van der Waals surface area contributed by atoms with Crippen LogP contribution in [-0.4, -0.2) is 34.6 Å². The minimum absolute atomic E-state index is 0.0143. The van der Waals surface area contributed by atoms with Gasteiger partial charge in [0.2, 0.25) is 0 Å². The summed E-state index contributed by atoms with van der Waals surface area (Å²) in [5.41, 5.74) is 3.85. The lowest BCUT2D eigenvalue weighted by Gasteiger charge is -2.23. The summed E-state index contributed by atoms with van der Waals surface area (Å²) in [7, 11) is 0. The summed E-state index contributed by atoms with van der Waals surface area (Å²) in [5, 5.41) is 13.1. The molecule has 0 unspecified atom stereocenters. The number of nitrogens with one attached hydrogen (secondary N) is 2. The first kappa shape index (κ1) is 21.5. The Morgan fingerprint density at radius 1 is 1.11 bits per heavy atom. The molecule has 28 heavy (non-hydrogen) atoms. The van der Waals surface area contributed by atoms with Crippen LogP contribution in [0.1, 0.15) is 18.1 Å². The van der Waals surface area contributed by atoms with Crippen LogP contribution in [0.2, 0.25) is 0 Å². The third-order valence-corrected chi connectivity index (χ3v) is 4.39. The standard InChI is InChI=1S/C19H20IN3O5/c1-13(24)10-21-18(26)23(11-15-7-8-17(25)16(20)9-15)22-19(27)28-12-14-5-3-2-4-6-14/h2-9,25H,10-12H2,1H3,(H,21,26)(H,22,27). The van der Waals surface area contributed by atoms with E-state index in [-0.39, 0.29) is 31.2 Å². The van der Waals surface area contributed by atoms with Gasteiger partial charge in [-0.15, -0.1) is 0 Å². The van der Waals surface area contributed by atoms with Crippen molar-refractivity contribution in [3.05, 3.63) is 63.2 Å². The van der Waals surface area contributed by atoms with Crippen molar-refractivity contribution in [2.45, 2.75) is 20.1 Å². The maximum Gasteiger partial charge on any atom is 0.426 e. The molecule has 0 atom stereocenters. The van der Waals surface area contributed by atoms with Crippen molar-refractivity contribution in [1.82, 2.24) is 15.8 Å². The minimum Gasteiger partial charge on any atom is -0.507 e. The molecule has 0 bridgehead atoms. The van der Waals surface area contributed by atoms with Crippen LogP contribution in [0.25, 0.3) is 0 Å². The fourth-order valence-electron chi connectivity index (χ4n) is 2.15. The lowest BCUT2D eigenvalue weighted by atomic mass is 10.2. The summed E-state index contributed by atoms with van der Waals surface area (Å²) in [5.74, 6) is -0.105. The molecule has 0 aliphatic heterocycles. The number of Topliss-reactive ketones (excluding diaryl/α,β-unsaturated/α-hetero) is 1. The number of aromatic hydroxyl groups is 1. The zero-order valence-corrected chi connectivity index (χ0v) is 17.3. The monoisotopic (exact) mass is 497 g/mol. The average molecular weight is 497 g/mol. The van der Waals surface area contributed by atoms with E-state index < -0.39 is 12.1 Å². The highest BCUT2D eigenvalue weighted by molar-refractivity contribution is 14.1. The molecule has 2 aromatic carbocycles. The maximum atomic E-state index is 12.4. The van der Waals surface area contributed by atoms with Gasteiger partial charge in [0.25, 0.3) is 0 Å². The molecule has 2 aromatic rings. The lowest BCUT2D eigenvalue weighted by Crippen LogP contribution is -2.51. The van der Waals surface area contributed by atoms with E-state index in [9.17, 15) is 19.5 Å². The van der Waals surface area contributed by atoms with Crippen LogP contribution >= 0.6 is 22.6 Å². The van der Waals surface area contributed by atoms with Crippen LogP contribution in [0, 0.1) is 3.57 Å². The largest absolute Gasteiger partial charge is 0.507 e. The molecule has 3 amide bonds. The van der Waals surface area contributed by atoms with Crippen molar-refractivity contribution in [1.29, 1.82) is 0 Å². The zero-order chi connectivity index (χ0) is 20.5. The summed E-state index contributed by atoms with van der Waals surface area (Å²) in [4.78, 5) is 35.6. The number of ether oxygens (including phenoxy) is 1. The molecular formula is C19H20IN3O5. The Labute approximate surface area is 176 Å². The number of hydrogen-bond donors (Lipinski definition) is 3. The average Bonchev–Trinajstić information content (AvgIpc) is 2.67. The molecule has 0 aliphatic rings. The topological polar surface area (TPSA) is 108 Å². The number of benzene rings is 2. The molecule has 0 saturated heterocycles. The number of carbonyl (C=O) groups is 3. The van der Waals surface area contributed by atoms with Gasteiger partial charge in [-0.2, -0.15) is 0 Å². The molecule has 3 N–H and O–H groups in total. The SMILES string of the molecule is CC(=O)CNC(=O)N(Cc1ccc(O)c(I)c1)NC(=O)OCc1ccccc1. The van der Waals surface area contributed by atoms with E-state index in [0.29, 0.717) is 9.13 Å². The number of hydrazine groups is 1. The molecule has 0 aromatic heterocycles. The van der Waals surface area contributed by atoms with E-state index in [0.717, 1.165) is 10.6 Å². The van der Waals surface area contributed by atoms with Crippen LogP contribution in [0.4, 0.5) is 9.59 Å². The lowest BCUT2D eigenvalue weighted by molar-refractivity contribution is -0.116. The molecule has 148 valence electrons. The van der Waals surface area contributed by atoms with Crippen LogP contribution in [0.3, 0.4) is 0 Å². The van der Waals surface area contributed by atoms with Gasteiger partial charge >= 0.3 is 12.1 Å². The number of phenolic OH excluding ortho intramolecular Hbond substituents is 1. The second kappa shape index (κ2) is 10.5. The first-order chi connectivity index (χ1) is 13.3. The van der Waals surface area contributed by atoms with E-state index in [1.807, 2.05) is 52.9 Å². The number of halogens is 1. The van der Waals surface area contributed by atoms with Crippen LogP contribution in [0.15, 0.2) is 48.5 Å². The first-order valence-corrected chi connectivity index (χ1v) is 9.42. The Morgan fingerprint density at radius 3 is 2.46 bits per heavy atom. The van der Waals surface area contributed by atoms with Gasteiger partial charge in [0.05, 0.1) is 16.7 Å². The van der Waals surface area contributed by atoms with E-state index >= 15 is 0 Å². The molecule has 0 aliphatic carbocycles. The van der Waals surface area contributed by atoms with Gasteiger partial charge in [-0.1, -0.05) is 36.4 Å². The second-order valence-electron chi connectivity index (χ2n) is 5.91. The number of carbonyl (C=O) groups excluding carboxylic acids is 3. The second-order valence-corrected chi connectivity index (χ2v) is 7.07. The van der Waals surface area contributed by atoms with Gasteiger partial charge in [-0.05, 0) is 52.8 Å². The number of urea groups is 1. The van der Waals surface area contributed by atoms with Crippen molar-refractivity contribution in [3.8, 4) is 5.75 Å². The van der Waals surface area contributed by atoms with Crippen molar-refractivity contribution in [2.24, 2.45) is 0 Å². The first-order valence-electron chi connectivity index (χ1n) is 8.34. The predicted molar refractivity (Wildman–Crippen MR) is 110 cm³/mol. The van der Waals surface area contributed by atoms with Gasteiger partial charge in [-0.25, -0.2) is 20.0 Å². The minimum atomic E-state index is -0.810. The summed E-state index contributed by atoms with van der Waals surface area (Å²) in [6.45, 7) is 1.24. The summed E-state index contributed by atoms with van der Waals surface area (Å²) in [6.07, 6.45) is -0.810. The number of ketones is 1. The molecule has 0 radical (unpaired) electrons. The third-order valence-electron chi connectivity index (χ3n) is 3.53. The van der Waals surface area contributed by atoms with Crippen molar-refractivity contribution >= 4 is 40.5 Å². The molecule has 0 heterocycles. The highest BCUT2D eigenvalue weighted by Gasteiger charge is 2.18. The Bertz CT molecular complexity index is 845. The van der Waals surface area contributed by atoms with Crippen molar-refractivity contribution in [2.75, 3.05) is 6.54 Å². The van der Waals surface area contributed by atoms with E-state index in [4.69, 9.17) is 4.74 Å². The Morgan fingerprint density at radius 2 is 1.82 bits per heavy atom. The third kappa shape index (κ3) is 7.06. The number of hydrogen-bond acceptors (Lipinski definition) is 5. The normalized spacial score (nSPS) is 10.1. The zero-order valence-electron chi connectivity index (χ0n) is 15.1. The predicted octanol–water partition coefficient (Wildman–Crippen LogP) is 2.94. The van der Waals surface area contributed by atoms with Gasteiger partial charge in [-0.3, -0.25) is 4.79 Å². The Balaban J connectivity index is 2.03. The summed E-state index contributed by atoms with van der Waals surface area (Å²) >= 11 is 1.96. The smallest absolute Gasteiger partial charge is 0.426 e. The number of nitrogens with zero attached hydrogens (tertiary/aromatic N) is 1. The van der Waals surface area contributed by atoms with Crippen LogP contribution in [-0.2, 0) is 22.7 Å².